The molecule has 0 aliphatic rings. The standard InChI is InChI=1S/C16H19F2NOS/c1-2-19(11-12-5-4-10-21-12)9-8-15(20)13-6-3-7-14(17)16(13)18/h3-7,10,15,20H,2,8-9,11H2,1H3. The van der Waals surface area contributed by atoms with E-state index in [2.05, 4.69) is 11.0 Å². The zero-order chi connectivity index (χ0) is 15.2. The van der Waals surface area contributed by atoms with Crippen LogP contribution < -0.4 is 0 Å². The van der Waals surface area contributed by atoms with Crippen LogP contribution in [0.5, 0.6) is 0 Å². The van der Waals surface area contributed by atoms with Crippen LogP contribution in [-0.4, -0.2) is 23.1 Å². The van der Waals surface area contributed by atoms with Crippen molar-refractivity contribution in [2.75, 3.05) is 13.1 Å². The first-order valence-corrected chi connectivity index (χ1v) is 7.86. The molecule has 1 aromatic carbocycles. The van der Waals surface area contributed by atoms with E-state index < -0.39 is 17.7 Å². The number of halogens is 2. The van der Waals surface area contributed by atoms with Crippen molar-refractivity contribution >= 4 is 11.3 Å². The normalized spacial score (nSPS) is 12.8. The summed E-state index contributed by atoms with van der Waals surface area (Å²) in [5, 5.41) is 12.1. The Morgan fingerprint density at radius 1 is 1.24 bits per heavy atom. The number of benzene rings is 1. The van der Waals surface area contributed by atoms with Gasteiger partial charge in [0.05, 0.1) is 6.10 Å². The Hall–Kier alpha value is -1.30. The molecule has 5 heteroatoms. The Bertz CT molecular complexity index is 559. The van der Waals surface area contributed by atoms with E-state index in [-0.39, 0.29) is 5.56 Å². The third kappa shape index (κ3) is 4.33. The van der Waals surface area contributed by atoms with Crippen LogP contribution in [0, 0.1) is 11.6 Å². The van der Waals surface area contributed by atoms with Gasteiger partial charge in [0.15, 0.2) is 11.6 Å². The highest BCUT2D eigenvalue weighted by atomic mass is 32.1. The van der Waals surface area contributed by atoms with E-state index in [0.717, 1.165) is 19.2 Å². The monoisotopic (exact) mass is 311 g/mol. The molecule has 0 saturated heterocycles. The van der Waals surface area contributed by atoms with E-state index in [1.807, 2.05) is 18.4 Å². The Labute approximate surface area is 127 Å². The molecule has 0 aliphatic carbocycles. The average Bonchev–Trinajstić information content (AvgIpc) is 2.99. The molecule has 21 heavy (non-hydrogen) atoms. The van der Waals surface area contributed by atoms with E-state index >= 15 is 0 Å². The van der Waals surface area contributed by atoms with E-state index in [4.69, 9.17) is 0 Å². The summed E-state index contributed by atoms with van der Waals surface area (Å²) in [4.78, 5) is 3.43. The third-order valence-corrected chi connectivity index (χ3v) is 4.33. The van der Waals surface area contributed by atoms with Crippen LogP contribution in [0.4, 0.5) is 8.78 Å². The molecule has 114 valence electrons. The Balaban J connectivity index is 1.92. The number of nitrogens with zero attached hydrogens (tertiary/aromatic N) is 1. The number of hydrogen-bond acceptors (Lipinski definition) is 3. The molecule has 1 aromatic heterocycles. The minimum Gasteiger partial charge on any atom is -0.388 e. The SMILES string of the molecule is CCN(CCC(O)c1cccc(F)c1F)Cc1cccs1. The number of aliphatic hydroxyl groups is 1. The Kier molecular flexibility index (Phi) is 5.85. The van der Waals surface area contributed by atoms with Gasteiger partial charge in [-0.1, -0.05) is 25.1 Å². The van der Waals surface area contributed by atoms with Gasteiger partial charge in [0.25, 0.3) is 0 Å². The highest BCUT2D eigenvalue weighted by Crippen LogP contribution is 2.22. The first-order valence-electron chi connectivity index (χ1n) is 6.98. The summed E-state index contributed by atoms with van der Waals surface area (Å²) < 4.78 is 26.8. The zero-order valence-corrected chi connectivity index (χ0v) is 12.7. The van der Waals surface area contributed by atoms with Crippen molar-refractivity contribution in [3.05, 3.63) is 57.8 Å². The maximum Gasteiger partial charge on any atom is 0.164 e. The van der Waals surface area contributed by atoms with Crippen LogP contribution in [0.3, 0.4) is 0 Å². The molecule has 0 bridgehead atoms. The highest BCUT2D eigenvalue weighted by Gasteiger charge is 2.16. The molecule has 2 nitrogen and oxygen atoms in total. The second-order valence-electron chi connectivity index (χ2n) is 4.90. The van der Waals surface area contributed by atoms with Crippen LogP contribution in [0.2, 0.25) is 0 Å². The molecule has 1 heterocycles. The minimum absolute atomic E-state index is 0.0298. The fourth-order valence-electron chi connectivity index (χ4n) is 2.21. The molecule has 2 aromatic rings. The summed E-state index contributed by atoms with van der Waals surface area (Å²) in [6.45, 7) is 4.33. The van der Waals surface area contributed by atoms with Crippen molar-refractivity contribution in [3.8, 4) is 0 Å². The van der Waals surface area contributed by atoms with E-state index in [1.165, 1.54) is 17.0 Å². The number of thiophene rings is 1. The molecule has 0 fully saturated rings. The van der Waals surface area contributed by atoms with Crippen LogP contribution in [-0.2, 0) is 6.54 Å². The minimum atomic E-state index is -0.988. The molecule has 1 N–H and O–H groups in total. The Morgan fingerprint density at radius 3 is 2.71 bits per heavy atom. The average molecular weight is 311 g/mol. The lowest BCUT2D eigenvalue weighted by Gasteiger charge is -2.21. The van der Waals surface area contributed by atoms with Crippen LogP contribution in [0.25, 0.3) is 0 Å². The first kappa shape index (κ1) is 16.1. The smallest absolute Gasteiger partial charge is 0.164 e. The van der Waals surface area contributed by atoms with Crippen molar-refractivity contribution in [3.63, 3.8) is 0 Å². The topological polar surface area (TPSA) is 23.5 Å². The zero-order valence-electron chi connectivity index (χ0n) is 11.9. The quantitative estimate of drug-likeness (QED) is 0.836. The van der Waals surface area contributed by atoms with Gasteiger partial charge < -0.3 is 5.11 Å². The molecule has 0 aliphatic heterocycles. The summed E-state index contributed by atoms with van der Waals surface area (Å²) >= 11 is 1.69. The van der Waals surface area contributed by atoms with Gasteiger partial charge >= 0.3 is 0 Å². The van der Waals surface area contributed by atoms with Gasteiger partial charge in [-0.25, -0.2) is 8.78 Å². The molecule has 2 rings (SSSR count). The van der Waals surface area contributed by atoms with Crippen LogP contribution >= 0.6 is 11.3 Å². The number of aliphatic hydroxyl groups excluding tert-OH is 1. The molecular weight excluding hydrogens is 292 g/mol. The summed E-state index contributed by atoms with van der Waals surface area (Å²) in [5.41, 5.74) is 0.0298. The van der Waals surface area contributed by atoms with Crippen LogP contribution in [0.1, 0.15) is 29.9 Å². The van der Waals surface area contributed by atoms with Crippen molar-refractivity contribution in [1.29, 1.82) is 0 Å². The van der Waals surface area contributed by atoms with Gasteiger partial charge in [-0.15, -0.1) is 11.3 Å². The van der Waals surface area contributed by atoms with Crippen molar-refractivity contribution in [1.82, 2.24) is 4.90 Å². The van der Waals surface area contributed by atoms with Gasteiger partial charge in [0.2, 0.25) is 0 Å². The molecule has 1 atom stereocenters. The second-order valence-corrected chi connectivity index (χ2v) is 5.93. The lowest BCUT2D eigenvalue weighted by Crippen LogP contribution is -2.25. The van der Waals surface area contributed by atoms with E-state index in [9.17, 15) is 13.9 Å². The fourth-order valence-corrected chi connectivity index (χ4v) is 2.96. The van der Waals surface area contributed by atoms with Gasteiger partial charge in [-0.3, -0.25) is 4.90 Å². The van der Waals surface area contributed by atoms with E-state index in [0.29, 0.717) is 13.0 Å². The highest BCUT2D eigenvalue weighted by molar-refractivity contribution is 7.09. The molecular formula is C16H19F2NOS. The third-order valence-electron chi connectivity index (χ3n) is 3.47. The molecule has 1 unspecified atom stereocenters. The predicted octanol–water partition coefficient (Wildman–Crippen LogP) is 3.97. The maximum absolute atomic E-state index is 13.6. The van der Waals surface area contributed by atoms with Crippen LogP contribution in [0.15, 0.2) is 35.7 Å². The molecule has 0 radical (unpaired) electrons. The van der Waals surface area contributed by atoms with Gasteiger partial charge in [-0.2, -0.15) is 0 Å². The largest absolute Gasteiger partial charge is 0.388 e. The molecule has 0 saturated carbocycles. The number of rotatable bonds is 7. The van der Waals surface area contributed by atoms with Gasteiger partial charge in [0.1, 0.15) is 0 Å². The lowest BCUT2D eigenvalue weighted by molar-refractivity contribution is 0.137. The van der Waals surface area contributed by atoms with Crippen molar-refractivity contribution in [2.24, 2.45) is 0 Å². The first-order chi connectivity index (χ1) is 10.1. The summed E-state index contributed by atoms with van der Waals surface area (Å²) in [7, 11) is 0. The molecule has 0 spiro atoms. The number of hydrogen-bond donors (Lipinski definition) is 1. The van der Waals surface area contributed by atoms with E-state index in [1.54, 1.807) is 11.3 Å². The second kappa shape index (κ2) is 7.64. The summed E-state index contributed by atoms with van der Waals surface area (Å²) in [5.74, 6) is -1.87. The summed E-state index contributed by atoms with van der Waals surface area (Å²) in [6.07, 6.45) is -0.613. The molecule has 0 amide bonds. The fraction of sp³-hybridized carbons (Fsp3) is 0.375. The van der Waals surface area contributed by atoms with Gasteiger partial charge in [0, 0.05) is 23.5 Å². The maximum atomic E-state index is 13.6. The summed E-state index contributed by atoms with van der Waals surface area (Å²) in [6, 6.07) is 7.97. The predicted molar refractivity (Wildman–Crippen MR) is 81.2 cm³/mol. The lowest BCUT2D eigenvalue weighted by atomic mass is 10.1. The van der Waals surface area contributed by atoms with Crippen molar-refractivity contribution < 1.29 is 13.9 Å². The Morgan fingerprint density at radius 2 is 2.05 bits per heavy atom. The van der Waals surface area contributed by atoms with Gasteiger partial charge in [-0.05, 0) is 30.5 Å². The van der Waals surface area contributed by atoms with Crippen molar-refractivity contribution in [2.45, 2.75) is 26.0 Å².